The number of primary amides is 1. The Morgan fingerprint density at radius 1 is 1.35 bits per heavy atom. The van der Waals surface area contributed by atoms with Crippen LogP contribution in [-0.4, -0.2) is 38.7 Å². The molecule has 2 amide bonds. The molecule has 2 heterocycles. The molecular weight excluding hydrogens is 298 g/mol. The van der Waals surface area contributed by atoms with Crippen molar-refractivity contribution in [2.45, 2.75) is 19.0 Å². The van der Waals surface area contributed by atoms with Gasteiger partial charge in [-0.25, -0.2) is 4.98 Å². The zero-order chi connectivity index (χ0) is 16.2. The Kier molecular flexibility index (Phi) is 4.00. The van der Waals surface area contributed by atoms with Gasteiger partial charge in [0, 0.05) is 6.42 Å². The van der Waals surface area contributed by atoms with E-state index in [1.54, 1.807) is 12.1 Å². The summed E-state index contributed by atoms with van der Waals surface area (Å²) in [7, 11) is 0. The Morgan fingerprint density at radius 2 is 2.13 bits per heavy atom. The molecule has 0 fully saturated rings. The maximum absolute atomic E-state index is 12.2. The van der Waals surface area contributed by atoms with Crippen LogP contribution in [0.2, 0.25) is 0 Å². The first-order chi connectivity index (χ1) is 11.1. The van der Waals surface area contributed by atoms with Crippen LogP contribution in [0.3, 0.4) is 0 Å². The first-order valence-electron chi connectivity index (χ1n) is 6.98. The predicted octanol–water partition coefficient (Wildman–Crippen LogP) is -0.459. The number of para-hydroxylation sites is 1. The maximum Gasteiger partial charge on any atom is 0.267 e. The fourth-order valence-electron chi connectivity index (χ4n) is 2.27. The SMILES string of the molecule is NC(=O)C1CC(C(=O)NCc2ncn[nH]2)=NN1c1ccccc1. The lowest BCUT2D eigenvalue weighted by atomic mass is 10.1. The average Bonchev–Trinajstić information content (AvgIpc) is 3.23. The van der Waals surface area contributed by atoms with Crippen LogP contribution in [-0.2, 0) is 16.1 Å². The number of hydrogen-bond donors (Lipinski definition) is 3. The number of carbonyl (C=O) groups excluding carboxylic acids is 2. The molecule has 0 saturated carbocycles. The second-order valence-corrected chi connectivity index (χ2v) is 4.96. The summed E-state index contributed by atoms with van der Waals surface area (Å²) in [6.07, 6.45) is 1.52. The van der Waals surface area contributed by atoms with Crippen molar-refractivity contribution in [2.75, 3.05) is 5.01 Å². The number of amides is 2. The molecule has 0 bridgehead atoms. The zero-order valence-corrected chi connectivity index (χ0v) is 12.1. The highest BCUT2D eigenvalue weighted by Crippen LogP contribution is 2.24. The number of hydrogen-bond acceptors (Lipinski definition) is 6. The summed E-state index contributed by atoms with van der Waals surface area (Å²) in [6, 6.07) is 8.43. The van der Waals surface area contributed by atoms with Crippen LogP contribution in [0.25, 0.3) is 0 Å². The van der Waals surface area contributed by atoms with E-state index in [9.17, 15) is 9.59 Å². The number of nitrogens with two attached hydrogens (primary N) is 1. The molecule has 9 nitrogen and oxygen atoms in total. The molecule has 0 spiro atoms. The Morgan fingerprint density at radius 3 is 2.78 bits per heavy atom. The molecule has 4 N–H and O–H groups in total. The first kappa shape index (κ1) is 14.7. The van der Waals surface area contributed by atoms with Gasteiger partial charge in [-0.05, 0) is 12.1 Å². The standard InChI is InChI=1S/C14H15N7O2/c15-13(22)11-6-10(14(23)16-7-12-17-8-18-19-12)20-21(11)9-4-2-1-3-5-9/h1-5,8,11H,6-7H2,(H2,15,22)(H,16,23)(H,17,18,19). The molecule has 23 heavy (non-hydrogen) atoms. The van der Waals surface area contributed by atoms with Gasteiger partial charge in [0.1, 0.15) is 23.9 Å². The summed E-state index contributed by atoms with van der Waals surface area (Å²) in [4.78, 5) is 27.8. The van der Waals surface area contributed by atoms with Gasteiger partial charge in [-0.1, -0.05) is 18.2 Å². The van der Waals surface area contributed by atoms with Gasteiger partial charge in [-0.3, -0.25) is 19.7 Å². The molecule has 118 valence electrons. The van der Waals surface area contributed by atoms with Crippen molar-refractivity contribution in [1.82, 2.24) is 20.5 Å². The number of nitrogens with zero attached hydrogens (tertiary/aromatic N) is 4. The zero-order valence-electron chi connectivity index (χ0n) is 12.1. The van der Waals surface area contributed by atoms with Crippen LogP contribution in [0, 0.1) is 0 Å². The number of aromatic nitrogens is 3. The van der Waals surface area contributed by atoms with Gasteiger partial charge in [0.15, 0.2) is 0 Å². The third kappa shape index (κ3) is 3.18. The van der Waals surface area contributed by atoms with Crippen LogP contribution >= 0.6 is 0 Å². The topological polar surface area (TPSA) is 129 Å². The third-order valence-corrected chi connectivity index (χ3v) is 3.40. The van der Waals surface area contributed by atoms with E-state index in [1.807, 2.05) is 18.2 Å². The lowest BCUT2D eigenvalue weighted by Gasteiger charge is -2.20. The quantitative estimate of drug-likeness (QED) is 0.688. The van der Waals surface area contributed by atoms with Crippen molar-refractivity contribution in [3.8, 4) is 0 Å². The van der Waals surface area contributed by atoms with E-state index in [1.165, 1.54) is 11.3 Å². The number of carbonyl (C=O) groups is 2. The van der Waals surface area contributed by atoms with E-state index in [4.69, 9.17) is 5.73 Å². The highest BCUT2D eigenvalue weighted by molar-refractivity contribution is 6.40. The summed E-state index contributed by atoms with van der Waals surface area (Å²) >= 11 is 0. The number of nitrogens with one attached hydrogen (secondary N) is 2. The molecule has 0 aliphatic carbocycles. The van der Waals surface area contributed by atoms with Crippen LogP contribution < -0.4 is 16.1 Å². The Balaban J connectivity index is 1.74. The fraction of sp³-hybridized carbons (Fsp3) is 0.214. The van der Waals surface area contributed by atoms with Gasteiger partial charge < -0.3 is 11.1 Å². The van der Waals surface area contributed by atoms with Crippen molar-refractivity contribution in [3.63, 3.8) is 0 Å². The number of hydrazone groups is 1. The molecule has 1 aliphatic heterocycles. The third-order valence-electron chi connectivity index (χ3n) is 3.40. The molecule has 0 saturated heterocycles. The van der Waals surface area contributed by atoms with E-state index < -0.39 is 11.9 Å². The highest BCUT2D eigenvalue weighted by Gasteiger charge is 2.34. The van der Waals surface area contributed by atoms with Gasteiger partial charge in [-0.2, -0.15) is 10.2 Å². The molecule has 1 aromatic heterocycles. The minimum atomic E-state index is -0.677. The maximum atomic E-state index is 12.2. The molecule has 1 aliphatic rings. The minimum absolute atomic E-state index is 0.159. The summed E-state index contributed by atoms with van der Waals surface area (Å²) in [6.45, 7) is 0.199. The second kappa shape index (κ2) is 6.26. The second-order valence-electron chi connectivity index (χ2n) is 4.96. The van der Waals surface area contributed by atoms with Crippen LogP contribution in [0.4, 0.5) is 5.69 Å². The van der Waals surface area contributed by atoms with Crippen molar-refractivity contribution < 1.29 is 9.59 Å². The lowest BCUT2D eigenvalue weighted by Crippen LogP contribution is -2.39. The summed E-state index contributed by atoms with van der Waals surface area (Å²) in [5.41, 5.74) is 6.38. The van der Waals surface area contributed by atoms with E-state index in [2.05, 4.69) is 25.6 Å². The fourth-order valence-corrected chi connectivity index (χ4v) is 2.27. The monoisotopic (exact) mass is 313 g/mol. The summed E-state index contributed by atoms with van der Waals surface area (Å²) < 4.78 is 0. The van der Waals surface area contributed by atoms with Crippen LogP contribution in [0.1, 0.15) is 12.2 Å². The average molecular weight is 313 g/mol. The van der Waals surface area contributed by atoms with Crippen molar-refractivity contribution >= 4 is 23.2 Å². The largest absolute Gasteiger partial charge is 0.368 e. The Labute approximate surface area is 131 Å². The van der Waals surface area contributed by atoms with E-state index in [0.29, 0.717) is 11.5 Å². The van der Waals surface area contributed by atoms with E-state index >= 15 is 0 Å². The molecule has 9 heteroatoms. The van der Waals surface area contributed by atoms with Gasteiger partial charge in [-0.15, -0.1) is 0 Å². The van der Waals surface area contributed by atoms with Gasteiger partial charge >= 0.3 is 0 Å². The van der Waals surface area contributed by atoms with Crippen LogP contribution in [0.15, 0.2) is 41.8 Å². The molecule has 2 aromatic rings. The molecule has 1 unspecified atom stereocenters. The van der Waals surface area contributed by atoms with Crippen LogP contribution in [0.5, 0.6) is 0 Å². The number of anilines is 1. The number of H-pyrrole nitrogens is 1. The summed E-state index contributed by atoms with van der Waals surface area (Å²) in [5, 5.41) is 14.7. The Hall–Kier alpha value is -3.23. The van der Waals surface area contributed by atoms with Gasteiger partial charge in [0.05, 0.1) is 12.2 Å². The predicted molar refractivity (Wildman–Crippen MR) is 82.2 cm³/mol. The van der Waals surface area contributed by atoms with Crippen molar-refractivity contribution in [2.24, 2.45) is 10.8 Å². The van der Waals surface area contributed by atoms with E-state index in [-0.39, 0.29) is 24.6 Å². The van der Waals surface area contributed by atoms with Crippen molar-refractivity contribution in [3.05, 3.63) is 42.5 Å². The molecule has 0 radical (unpaired) electrons. The normalized spacial score (nSPS) is 17.0. The highest BCUT2D eigenvalue weighted by atomic mass is 16.2. The lowest BCUT2D eigenvalue weighted by molar-refractivity contribution is -0.119. The minimum Gasteiger partial charge on any atom is -0.368 e. The smallest absolute Gasteiger partial charge is 0.267 e. The van der Waals surface area contributed by atoms with Crippen molar-refractivity contribution in [1.29, 1.82) is 0 Å². The number of benzene rings is 1. The molecular formula is C14H15N7O2. The molecule has 3 rings (SSSR count). The number of rotatable bonds is 5. The number of aromatic amines is 1. The molecule has 1 atom stereocenters. The van der Waals surface area contributed by atoms with Gasteiger partial charge in [0.25, 0.3) is 5.91 Å². The molecule has 1 aromatic carbocycles. The van der Waals surface area contributed by atoms with Gasteiger partial charge in [0.2, 0.25) is 5.91 Å². The van der Waals surface area contributed by atoms with E-state index in [0.717, 1.165) is 0 Å². The first-order valence-corrected chi connectivity index (χ1v) is 6.98. The summed E-state index contributed by atoms with van der Waals surface area (Å²) in [5.74, 6) is -0.370. The Bertz CT molecular complexity index is 727.